The van der Waals surface area contributed by atoms with E-state index in [0.29, 0.717) is 29.7 Å². The van der Waals surface area contributed by atoms with E-state index in [0.717, 1.165) is 48.6 Å². The van der Waals surface area contributed by atoms with E-state index in [4.69, 9.17) is 19.4 Å². The molecule has 0 bridgehead atoms. The first-order valence-electron chi connectivity index (χ1n) is 11.6. The molecule has 1 N–H and O–H groups in total. The molecule has 4 rings (SSSR count). The van der Waals surface area contributed by atoms with Gasteiger partial charge in [0.1, 0.15) is 23.9 Å². The molecule has 184 valence electrons. The summed E-state index contributed by atoms with van der Waals surface area (Å²) in [6.45, 7) is 1.53. The number of likely N-dealkylation sites (N-methyl/N-ethyl adjacent to an activating group) is 2. The highest BCUT2D eigenvalue weighted by Crippen LogP contribution is 2.31. The summed E-state index contributed by atoms with van der Waals surface area (Å²) in [6.07, 6.45) is 6.06. The van der Waals surface area contributed by atoms with Gasteiger partial charge in [-0.3, -0.25) is 9.78 Å². The van der Waals surface area contributed by atoms with Crippen molar-refractivity contribution in [2.45, 2.75) is 19.3 Å². The van der Waals surface area contributed by atoms with Crippen LogP contribution in [-0.2, 0) is 17.6 Å². The quantitative estimate of drug-likeness (QED) is 0.471. The zero-order valence-electron chi connectivity index (χ0n) is 20.6. The third-order valence-corrected chi connectivity index (χ3v) is 5.65. The maximum atomic E-state index is 12.7. The van der Waals surface area contributed by atoms with Crippen LogP contribution in [0.3, 0.4) is 0 Å². The lowest BCUT2D eigenvalue weighted by atomic mass is 10.2. The van der Waals surface area contributed by atoms with Gasteiger partial charge in [-0.25, -0.2) is 15.0 Å². The van der Waals surface area contributed by atoms with Gasteiger partial charge in [-0.1, -0.05) is 0 Å². The zero-order valence-corrected chi connectivity index (χ0v) is 20.6. The summed E-state index contributed by atoms with van der Waals surface area (Å²) >= 11 is 0. The average molecular weight is 478 g/mol. The number of hydrogen-bond acceptors (Lipinski definition) is 9. The number of methoxy groups -OCH3 is 1. The van der Waals surface area contributed by atoms with E-state index in [1.807, 2.05) is 38.2 Å². The fraction of sp³-hybridized carbons (Fsp3) is 0.400. The van der Waals surface area contributed by atoms with Gasteiger partial charge in [-0.05, 0) is 45.5 Å². The number of fused-ring (bicyclic) bond motifs is 1. The number of aromatic nitrogens is 4. The van der Waals surface area contributed by atoms with Crippen molar-refractivity contribution >= 4 is 17.4 Å². The summed E-state index contributed by atoms with van der Waals surface area (Å²) in [5, 5.41) is 2.87. The lowest BCUT2D eigenvalue weighted by molar-refractivity contribution is -0.114. The number of nitrogens with one attached hydrogen (secondary N) is 1. The lowest BCUT2D eigenvalue weighted by Gasteiger charge is -2.21. The number of carbonyl (C=O) groups is 1. The molecule has 1 aliphatic carbocycles. The Morgan fingerprint density at radius 3 is 2.71 bits per heavy atom. The van der Waals surface area contributed by atoms with E-state index in [2.05, 4.69) is 20.2 Å². The topological polar surface area (TPSA) is 106 Å². The van der Waals surface area contributed by atoms with Crippen molar-refractivity contribution < 1.29 is 14.3 Å². The number of carbonyl (C=O) groups excluding carboxylic acids is 1. The van der Waals surface area contributed by atoms with Crippen LogP contribution >= 0.6 is 0 Å². The minimum atomic E-state index is -0.166. The Kier molecular flexibility index (Phi) is 7.71. The van der Waals surface area contributed by atoms with Gasteiger partial charge in [0.2, 0.25) is 11.8 Å². The number of ether oxygens (including phenoxy) is 2. The van der Waals surface area contributed by atoms with E-state index >= 15 is 0 Å². The molecule has 35 heavy (non-hydrogen) atoms. The summed E-state index contributed by atoms with van der Waals surface area (Å²) in [5.74, 6) is 2.34. The first kappa shape index (κ1) is 24.3. The van der Waals surface area contributed by atoms with Crippen LogP contribution in [0.5, 0.6) is 11.6 Å². The van der Waals surface area contributed by atoms with Crippen molar-refractivity contribution in [1.82, 2.24) is 24.8 Å². The van der Waals surface area contributed by atoms with Gasteiger partial charge in [0, 0.05) is 43.2 Å². The number of rotatable bonds is 10. The molecule has 10 heteroatoms. The Bertz CT molecular complexity index is 1170. The van der Waals surface area contributed by atoms with Crippen molar-refractivity contribution in [3.05, 3.63) is 47.9 Å². The highest BCUT2D eigenvalue weighted by atomic mass is 16.5. The first-order chi connectivity index (χ1) is 16.9. The molecule has 0 unspecified atom stereocenters. The number of amides is 1. The van der Waals surface area contributed by atoms with Crippen molar-refractivity contribution in [1.29, 1.82) is 0 Å². The highest BCUT2D eigenvalue weighted by Gasteiger charge is 2.23. The van der Waals surface area contributed by atoms with Crippen LogP contribution in [0.25, 0.3) is 11.5 Å². The molecule has 0 atom stereocenters. The zero-order chi connectivity index (χ0) is 24.8. The monoisotopic (exact) mass is 477 g/mol. The van der Waals surface area contributed by atoms with Crippen LogP contribution in [0.15, 0.2) is 36.7 Å². The van der Waals surface area contributed by atoms with Crippen LogP contribution in [0, 0.1) is 0 Å². The van der Waals surface area contributed by atoms with Gasteiger partial charge in [0.15, 0.2) is 5.82 Å². The van der Waals surface area contributed by atoms with Gasteiger partial charge in [-0.15, -0.1) is 0 Å². The Labute approximate surface area is 205 Å². The summed E-state index contributed by atoms with van der Waals surface area (Å²) in [5.41, 5.74) is 3.35. The number of pyridine rings is 2. The third-order valence-electron chi connectivity index (χ3n) is 5.65. The second-order valence-corrected chi connectivity index (χ2v) is 8.67. The molecule has 0 saturated heterocycles. The fourth-order valence-corrected chi connectivity index (χ4v) is 3.88. The second-order valence-electron chi connectivity index (χ2n) is 8.67. The molecule has 1 aliphatic rings. The molecular weight excluding hydrogens is 446 g/mol. The Hall–Kier alpha value is -3.79. The smallest absolute Gasteiger partial charge is 0.243 e. The predicted molar refractivity (Wildman–Crippen MR) is 134 cm³/mol. The first-order valence-corrected chi connectivity index (χ1v) is 11.6. The SMILES string of the molecule is COc1ccc(NC(=O)CN(C)c2nc(-c3cc(OCCN(C)C)ccn3)nc3c2CCC3)cn1. The lowest BCUT2D eigenvalue weighted by Crippen LogP contribution is -2.31. The molecule has 10 nitrogen and oxygen atoms in total. The molecular formula is C25H31N7O3. The molecule has 0 aliphatic heterocycles. The van der Waals surface area contributed by atoms with Gasteiger partial charge in [0.25, 0.3) is 0 Å². The van der Waals surface area contributed by atoms with Crippen LogP contribution in [0.1, 0.15) is 17.7 Å². The van der Waals surface area contributed by atoms with Crippen LogP contribution in [-0.4, -0.2) is 78.7 Å². The Balaban J connectivity index is 1.51. The van der Waals surface area contributed by atoms with Gasteiger partial charge < -0.3 is 24.6 Å². The number of anilines is 2. The molecule has 3 aromatic heterocycles. The Morgan fingerprint density at radius 2 is 1.97 bits per heavy atom. The molecule has 0 saturated carbocycles. The molecule has 0 fully saturated rings. The highest BCUT2D eigenvalue weighted by molar-refractivity contribution is 5.93. The van der Waals surface area contributed by atoms with E-state index in [1.54, 1.807) is 31.6 Å². The van der Waals surface area contributed by atoms with Crippen molar-refractivity contribution in [2.75, 3.05) is 58.2 Å². The number of hydrogen-bond donors (Lipinski definition) is 1. The minimum absolute atomic E-state index is 0.135. The normalized spacial score (nSPS) is 12.4. The average Bonchev–Trinajstić information content (AvgIpc) is 3.32. The van der Waals surface area contributed by atoms with Crippen LogP contribution < -0.4 is 19.7 Å². The maximum Gasteiger partial charge on any atom is 0.243 e. The summed E-state index contributed by atoms with van der Waals surface area (Å²) in [6, 6.07) is 7.15. The fourth-order valence-electron chi connectivity index (χ4n) is 3.88. The largest absolute Gasteiger partial charge is 0.492 e. The van der Waals surface area contributed by atoms with Crippen LogP contribution in [0.2, 0.25) is 0 Å². The molecule has 3 aromatic rings. The summed E-state index contributed by atoms with van der Waals surface area (Å²) in [4.78, 5) is 34.9. The summed E-state index contributed by atoms with van der Waals surface area (Å²) < 4.78 is 10.9. The van der Waals surface area contributed by atoms with Crippen molar-refractivity contribution in [3.63, 3.8) is 0 Å². The van der Waals surface area contributed by atoms with Crippen LogP contribution in [0.4, 0.5) is 11.5 Å². The molecule has 0 radical (unpaired) electrons. The van der Waals surface area contributed by atoms with Crippen molar-refractivity contribution in [3.8, 4) is 23.1 Å². The number of aryl methyl sites for hydroxylation is 1. The van der Waals surface area contributed by atoms with Gasteiger partial charge in [-0.2, -0.15) is 0 Å². The molecule has 3 heterocycles. The maximum absolute atomic E-state index is 12.7. The predicted octanol–water partition coefficient (Wildman–Crippen LogP) is 2.45. The molecule has 0 spiro atoms. The number of nitrogens with zero attached hydrogens (tertiary/aromatic N) is 6. The second kappa shape index (κ2) is 11.1. The third kappa shape index (κ3) is 6.21. The van der Waals surface area contributed by atoms with Gasteiger partial charge in [0.05, 0.1) is 25.5 Å². The van der Waals surface area contributed by atoms with E-state index in [1.165, 1.54) is 0 Å². The van der Waals surface area contributed by atoms with E-state index < -0.39 is 0 Å². The summed E-state index contributed by atoms with van der Waals surface area (Å²) in [7, 11) is 7.43. The standard InChI is InChI=1S/C25H31N7O3/c1-31(2)12-13-35-18-10-11-26-21(14-18)24-29-20-7-5-6-19(20)25(30-24)32(3)16-22(33)28-17-8-9-23(34-4)27-15-17/h8-11,14-15H,5-7,12-13,16H2,1-4H3,(H,28,33). The molecule has 1 amide bonds. The van der Waals surface area contributed by atoms with E-state index in [-0.39, 0.29) is 12.5 Å². The van der Waals surface area contributed by atoms with E-state index in [9.17, 15) is 4.79 Å². The minimum Gasteiger partial charge on any atom is -0.492 e. The Morgan fingerprint density at radius 1 is 1.11 bits per heavy atom. The molecule has 0 aromatic carbocycles. The van der Waals surface area contributed by atoms with Gasteiger partial charge >= 0.3 is 0 Å². The van der Waals surface area contributed by atoms with Crippen molar-refractivity contribution in [2.24, 2.45) is 0 Å².